The Morgan fingerprint density at radius 1 is 1.10 bits per heavy atom. The number of piperidine rings is 1. The van der Waals surface area contributed by atoms with Gasteiger partial charge in [-0.2, -0.15) is 4.31 Å². The fourth-order valence-electron chi connectivity index (χ4n) is 3.84. The Morgan fingerprint density at radius 3 is 2.59 bits per heavy atom. The number of aromatic nitrogens is 2. The fourth-order valence-corrected chi connectivity index (χ4v) is 5.80. The van der Waals surface area contributed by atoms with Crippen molar-refractivity contribution in [3.05, 3.63) is 52.8 Å². The predicted octanol–water partition coefficient (Wildman–Crippen LogP) is 4.61. The highest BCUT2D eigenvalue weighted by Gasteiger charge is 2.26. The lowest BCUT2D eigenvalue weighted by molar-refractivity contribution is 0.346. The van der Waals surface area contributed by atoms with Gasteiger partial charge in [0.25, 0.3) is 0 Å². The number of nitrogens with zero attached hydrogens (tertiary/aromatic N) is 3. The van der Waals surface area contributed by atoms with E-state index >= 15 is 0 Å². The van der Waals surface area contributed by atoms with Crippen molar-refractivity contribution >= 4 is 42.7 Å². The number of hydrogen-bond acceptors (Lipinski definition) is 4. The summed E-state index contributed by atoms with van der Waals surface area (Å²) in [6, 6.07) is 13.3. The number of benzene rings is 2. The first-order valence-corrected chi connectivity index (χ1v) is 12.2. The largest absolute Gasteiger partial charge is 0.377 e. The van der Waals surface area contributed by atoms with Crippen LogP contribution in [0.3, 0.4) is 0 Å². The number of anilines is 1. The second-order valence-electron chi connectivity index (χ2n) is 7.22. The summed E-state index contributed by atoms with van der Waals surface area (Å²) in [4.78, 5) is 5.08. The van der Waals surface area contributed by atoms with E-state index < -0.39 is 10.0 Å². The maximum Gasteiger partial charge on any atom is 0.243 e. The lowest BCUT2D eigenvalue weighted by atomic mass is 10.2. The quantitative estimate of drug-likeness (QED) is 0.564. The minimum absolute atomic E-state index is 0.331. The van der Waals surface area contributed by atoms with Crippen molar-refractivity contribution in [3.63, 3.8) is 0 Å². The molecule has 0 unspecified atom stereocenters. The average Bonchev–Trinajstić information content (AvgIpc) is 3.10. The van der Waals surface area contributed by atoms with Gasteiger partial charge in [0.05, 0.1) is 22.5 Å². The zero-order valence-electron chi connectivity index (χ0n) is 16.4. The minimum atomic E-state index is -3.46. The molecule has 1 aliphatic heterocycles. The molecule has 0 atom stereocenters. The Labute approximate surface area is 180 Å². The van der Waals surface area contributed by atoms with Gasteiger partial charge in [-0.1, -0.05) is 18.6 Å². The van der Waals surface area contributed by atoms with Gasteiger partial charge in [-0.25, -0.2) is 13.4 Å². The number of rotatable bonds is 6. The third-order valence-electron chi connectivity index (χ3n) is 5.38. The molecule has 1 saturated heterocycles. The summed E-state index contributed by atoms with van der Waals surface area (Å²) in [7, 11) is -3.46. The molecule has 6 nitrogen and oxygen atoms in total. The Hall–Kier alpha value is -1.90. The molecule has 154 valence electrons. The maximum atomic E-state index is 13.0. The van der Waals surface area contributed by atoms with Gasteiger partial charge in [-0.05, 0) is 66.0 Å². The number of para-hydroxylation sites is 1. The lowest BCUT2D eigenvalue weighted by Crippen LogP contribution is -2.35. The van der Waals surface area contributed by atoms with Crippen molar-refractivity contribution in [1.82, 2.24) is 13.9 Å². The molecule has 0 spiro atoms. The highest BCUT2D eigenvalue weighted by Crippen LogP contribution is 2.26. The smallest absolute Gasteiger partial charge is 0.243 e. The van der Waals surface area contributed by atoms with Gasteiger partial charge in [-0.15, -0.1) is 0 Å². The normalized spacial score (nSPS) is 15.7. The standard InChI is InChI=1S/C21H25BrN4O2S/c1-2-26-20-11-10-16(29(27,28)25-12-6-3-7-13-25)14-19(20)24-21(26)15-23-18-9-5-4-8-17(18)22/h4-5,8-11,14,23H,2-3,6-7,12-13,15H2,1H3. The molecule has 1 aromatic heterocycles. The topological polar surface area (TPSA) is 67.2 Å². The molecule has 1 fully saturated rings. The third kappa shape index (κ3) is 4.06. The van der Waals surface area contributed by atoms with E-state index in [1.165, 1.54) is 0 Å². The number of imidazole rings is 1. The number of fused-ring (bicyclic) bond motifs is 1. The SMILES string of the molecule is CCn1c(CNc2ccccc2Br)nc2cc(S(=O)(=O)N3CCCCC3)ccc21. The zero-order chi connectivity index (χ0) is 20.4. The van der Waals surface area contributed by atoms with Gasteiger partial charge in [0, 0.05) is 29.8 Å². The Balaban J connectivity index is 1.64. The van der Waals surface area contributed by atoms with Gasteiger partial charge >= 0.3 is 0 Å². The zero-order valence-corrected chi connectivity index (χ0v) is 18.8. The van der Waals surface area contributed by atoms with Crippen LogP contribution in [0.5, 0.6) is 0 Å². The molecule has 0 bridgehead atoms. The molecule has 29 heavy (non-hydrogen) atoms. The molecule has 3 aromatic rings. The van der Waals surface area contributed by atoms with Crippen molar-refractivity contribution in [3.8, 4) is 0 Å². The summed E-state index contributed by atoms with van der Waals surface area (Å²) in [5, 5.41) is 3.40. The molecule has 4 rings (SSSR count). The molecule has 2 heterocycles. The third-order valence-corrected chi connectivity index (χ3v) is 7.96. The number of aryl methyl sites for hydroxylation is 1. The Bertz CT molecular complexity index is 1120. The minimum Gasteiger partial charge on any atom is -0.377 e. The molecule has 8 heteroatoms. The average molecular weight is 477 g/mol. The molecule has 1 N–H and O–H groups in total. The summed E-state index contributed by atoms with van der Waals surface area (Å²) in [5.74, 6) is 0.880. The lowest BCUT2D eigenvalue weighted by Gasteiger charge is -2.25. The highest BCUT2D eigenvalue weighted by atomic mass is 79.9. The number of sulfonamides is 1. The van der Waals surface area contributed by atoms with Crippen LogP contribution in [-0.2, 0) is 23.1 Å². The van der Waals surface area contributed by atoms with Crippen LogP contribution >= 0.6 is 15.9 Å². The monoisotopic (exact) mass is 476 g/mol. The second kappa shape index (κ2) is 8.45. The van der Waals surface area contributed by atoms with Crippen molar-refractivity contribution in [1.29, 1.82) is 0 Å². The molecule has 0 radical (unpaired) electrons. The molecule has 0 saturated carbocycles. The number of halogens is 1. The fraction of sp³-hybridized carbons (Fsp3) is 0.381. The maximum absolute atomic E-state index is 13.0. The van der Waals surface area contributed by atoms with Crippen LogP contribution in [0.2, 0.25) is 0 Å². The molecular weight excluding hydrogens is 452 g/mol. The van der Waals surface area contributed by atoms with E-state index in [9.17, 15) is 8.42 Å². The van der Waals surface area contributed by atoms with E-state index in [0.29, 0.717) is 30.0 Å². The molecule has 2 aromatic carbocycles. The van der Waals surface area contributed by atoms with E-state index in [4.69, 9.17) is 4.98 Å². The van der Waals surface area contributed by atoms with Crippen LogP contribution < -0.4 is 5.32 Å². The van der Waals surface area contributed by atoms with Crippen molar-refractivity contribution in [2.45, 2.75) is 44.2 Å². The van der Waals surface area contributed by atoms with E-state index in [2.05, 4.69) is 32.7 Å². The van der Waals surface area contributed by atoms with Gasteiger partial charge in [0.15, 0.2) is 0 Å². The summed E-state index contributed by atoms with van der Waals surface area (Å²) in [6.07, 6.45) is 2.95. The van der Waals surface area contributed by atoms with Crippen LogP contribution in [0.4, 0.5) is 5.69 Å². The Morgan fingerprint density at radius 2 is 1.86 bits per heavy atom. The van der Waals surface area contributed by atoms with E-state index in [-0.39, 0.29) is 0 Å². The van der Waals surface area contributed by atoms with E-state index in [1.54, 1.807) is 16.4 Å². The summed E-state index contributed by atoms with van der Waals surface area (Å²) >= 11 is 3.55. The van der Waals surface area contributed by atoms with Crippen LogP contribution in [0, 0.1) is 0 Å². The van der Waals surface area contributed by atoms with Crippen LogP contribution in [0.1, 0.15) is 32.0 Å². The molecule has 1 aliphatic rings. The van der Waals surface area contributed by atoms with E-state index in [1.807, 2.05) is 30.3 Å². The van der Waals surface area contributed by atoms with Crippen molar-refractivity contribution < 1.29 is 8.42 Å². The number of nitrogens with one attached hydrogen (secondary N) is 1. The van der Waals surface area contributed by atoms with E-state index in [0.717, 1.165) is 47.3 Å². The first-order valence-electron chi connectivity index (χ1n) is 9.98. The van der Waals surface area contributed by atoms with Gasteiger partial charge < -0.3 is 9.88 Å². The first-order chi connectivity index (χ1) is 14.0. The summed E-state index contributed by atoms with van der Waals surface area (Å²) < 4.78 is 30.7. The Kier molecular flexibility index (Phi) is 5.94. The van der Waals surface area contributed by atoms with Crippen LogP contribution in [-0.4, -0.2) is 35.4 Å². The van der Waals surface area contributed by atoms with Crippen molar-refractivity contribution in [2.24, 2.45) is 0 Å². The van der Waals surface area contributed by atoms with Crippen molar-refractivity contribution in [2.75, 3.05) is 18.4 Å². The van der Waals surface area contributed by atoms with Gasteiger partial charge in [0.2, 0.25) is 10.0 Å². The molecule has 0 aliphatic carbocycles. The van der Waals surface area contributed by atoms with Crippen LogP contribution in [0.15, 0.2) is 51.8 Å². The van der Waals surface area contributed by atoms with Gasteiger partial charge in [-0.3, -0.25) is 0 Å². The molecule has 0 amide bonds. The molecular formula is C21H25BrN4O2S. The summed E-state index contributed by atoms with van der Waals surface area (Å²) in [6.45, 7) is 4.60. The second-order valence-corrected chi connectivity index (χ2v) is 10.0. The van der Waals surface area contributed by atoms with Gasteiger partial charge in [0.1, 0.15) is 5.82 Å². The number of hydrogen-bond donors (Lipinski definition) is 1. The highest BCUT2D eigenvalue weighted by molar-refractivity contribution is 9.10. The summed E-state index contributed by atoms with van der Waals surface area (Å²) in [5.41, 5.74) is 2.67. The predicted molar refractivity (Wildman–Crippen MR) is 119 cm³/mol. The van der Waals surface area contributed by atoms with Crippen LogP contribution in [0.25, 0.3) is 11.0 Å². The first kappa shape index (κ1) is 20.4.